The van der Waals surface area contributed by atoms with Gasteiger partial charge in [0.15, 0.2) is 0 Å². The van der Waals surface area contributed by atoms with E-state index in [1.54, 1.807) is 7.11 Å². The van der Waals surface area contributed by atoms with Crippen molar-refractivity contribution in [3.8, 4) is 0 Å². The van der Waals surface area contributed by atoms with Gasteiger partial charge in [-0.1, -0.05) is 27.7 Å². The van der Waals surface area contributed by atoms with Crippen LogP contribution in [-0.2, 0) is 4.74 Å². The second-order valence-electron chi connectivity index (χ2n) is 5.33. The smallest absolute Gasteiger partial charge is 0.0465 e. The Morgan fingerprint density at radius 2 is 1.67 bits per heavy atom. The predicted molar refractivity (Wildman–Crippen MR) is 67.1 cm³/mol. The second kappa shape index (κ2) is 9.17. The minimum Gasteiger partial charge on any atom is -0.385 e. The molecule has 15 heavy (non-hydrogen) atoms. The molecule has 0 radical (unpaired) electrons. The maximum Gasteiger partial charge on any atom is 0.0465 e. The molecule has 2 heteroatoms. The third-order valence-corrected chi connectivity index (χ3v) is 2.52. The van der Waals surface area contributed by atoms with Crippen molar-refractivity contribution in [3.63, 3.8) is 0 Å². The molecule has 0 amide bonds. The maximum atomic E-state index is 5.15. The second-order valence-corrected chi connectivity index (χ2v) is 5.33. The fourth-order valence-electron chi connectivity index (χ4n) is 1.83. The minimum absolute atomic E-state index is 0.743. The summed E-state index contributed by atoms with van der Waals surface area (Å²) >= 11 is 0. The average Bonchev–Trinajstić information content (AvgIpc) is 2.12. The fourth-order valence-corrected chi connectivity index (χ4v) is 1.83. The molecular weight excluding hydrogens is 186 g/mol. The van der Waals surface area contributed by atoms with Gasteiger partial charge in [-0.25, -0.2) is 0 Å². The van der Waals surface area contributed by atoms with Crippen LogP contribution < -0.4 is 5.32 Å². The average molecular weight is 215 g/mol. The summed E-state index contributed by atoms with van der Waals surface area (Å²) in [5, 5.41) is 3.54. The van der Waals surface area contributed by atoms with Crippen LogP contribution in [0.2, 0.25) is 0 Å². The van der Waals surface area contributed by atoms with Gasteiger partial charge in [0, 0.05) is 13.7 Å². The molecule has 0 aliphatic carbocycles. The van der Waals surface area contributed by atoms with E-state index in [-0.39, 0.29) is 0 Å². The highest BCUT2D eigenvalue weighted by Gasteiger charge is 2.10. The van der Waals surface area contributed by atoms with E-state index in [0.717, 1.165) is 37.5 Å². The quantitative estimate of drug-likeness (QED) is 0.638. The number of nitrogens with one attached hydrogen (secondary N) is 1. The summed E-state index contributed by atoms with van der Waals surface area (Å²) in [6.45, 7) is 12.2. The summed E-state index contributed by atoms with van der Waals surface area (Å²) in [4.78, 5) is 0. The van der Waals surface area contributed by atoms with E-state index in [0.29, 0.717) is 0 Å². The lowest BCUT2D eigenvalue weighted by Gasteiger charge is -2.20. The predicted octanol–water partition coefficient (Wildman–Crippen LogP) is 2.93. The SMILES string of the molecule is COCCC(CNCC(C)C)CC(C)C. The van der Waals surface area contributed by atoms with Gasteiger partial charge in [-0.2, -0.15) is 0 Å². The Morgan fingerprint density at radius 1 is 1.00 bits per heavy atom. The van der Waals surface area contributed by atoms with Crippen LogP contribution in [0.4, 0.5) is 0 Å². The van der Waals surface area contributed by atoms with Crippen molar-refractivity contribution in [1.29, 1.82) is 0 Å². The molecule has 1 unspecified atom stereocenters. The summed E-state index contributed by atoms with van der Waals surface area (Å²) < 4.78 is 5.15. The molecule has 0 aliphatic rings. The Kier molecular flexibility index (Phi) is 9.12. The summed E-state index contributed by atoms with van der Waals surface area (Å²) in [7, 11) is 1.79. The molecule has 0 bridgehead atoms. The van der Waals surface area contributed by atoms with Crippen LogP contribution in [0.25, 0.3) is 0 Å². The molecule has 0 spiro atoms. The van der Waals surface area contributed by atoms with E-state index in [1.165, 1.54) is 12.8 Å². The van der Waals surface area contributed by atoms with E-state index >= 15 is 0 Å². The molecule has 0 aromatic rings. The molecule has 0 aromatic carbocycles. The van der Waals surface area contributed by atoms with E-state index in [9.17, 15) is 0 Å². The van der Waals surface area contributed by atoms with Crippen molar-refractivity contribution < 1.29 is 4.74 Å². The summed E-state index contributed by atoms with van der Waals surface area (Å²) in [6.07, 6.45) is 2.48. The van der Waals surface area contributed by atoms with Gasteiger partial charge >= 0.3 is 0 Å². The van der Waals surface area contributed by atoms with Gasteiger partial charge in [-0.05, 0) is 43.7 Å². The molecule has 0 heterocycles. The third-order valence-electron chi connectivity index (χ3n) is 2.52. The Balaban J connectivity index is 3.69. The number of methoxy groups -OCH3 is 1. The molecule has 2 nitrogen and oxygen atoms in total. The van der Waals surface area contributed by atoms with Crippen molar-refractivity contribution in [1.82, 2.24) is 5.32 Å². The van der Waals surface area contributed by atoms with Crippen molar-refractivity contribution in [2.24, 2.45) is 17.8 Å². The maximum absolute atomic E-state index is 5.15. The van der Waals surface area contributed by atoms with Crippen LogP contribution in [0.1, 0.15) is 40.5 Å². The zero-order valence-corrected chi connectivity index (χ0v) is 11.2. The molecule has 0 saturated heterocycles. The molecule has 0 rings (SSSR count). The minimum atomic E-state index is 0.743. The molecule has 0 fully saturated rings. The van der Waals surface area contributed by atoms with Gasteiger partial charge in [-0.3, -0.25) is 0 Å². The molecule has 0 saturated carbocycles. The first kappa shape index (κ1) is 14.9. The fraction of sp³-hybridized carbons (Fsp3) is 1.00. The Hall–Kier alpha value is -0.0800. The largest absolute Gasteiger partial charge is 0.385 e. The first-order valence-electron chi connectivity index (χ1n) is 6.25. The van der Waals surface area contributed by atoms with Gasteiger partial charge in [-0.15, -0.1) is 0 Å². The highest BCUT2D eigenvalue weighted by atomic mass is 16.5. The van der Waals surface area contributed by atoms with E-state index in [1.807, 2.05) is 0 Å². The number of hydrogen-bond acceptors (Lipinski definition) is 2. The lowest BCUT2D eigenvalue weighted by molar-refractivity contribution is 0.170. The molecular formula is C13H29NO. The molecule has 1 N–H and O–H groups in total. The number of hydrogen-bond donors (Lipinski definition) is 1. The molecule has 1 atom stereocenters. The summed E-state index contributed by atoms with van der Waals surface area (Å²) in [5.41, 5.74) is 0. The van der Waals surface area contributed by atoms with Gasteiger partial charge < -0.3 is 10.1 Å². The van der Waals surface area contributed by atoms with E-state index in [4.69, 9.17) is 4.74 Å². The van der Waals surface area contributed by atoms with Crippen molar-refractivity contribution in [3.05, 3.63) is 0 Å². The normalized spacial score (nSPS) is 13.8. The highest BCUT2D eigenvalue weighted by molar-refractivity contribution is 4.65. The van der Waals surface area contributed by atoms with Gasteiger partial charge in [0.2, 0.25) is 0 Å². The van der Waals surface area contributed by atoms with Crippen LogP contribution in [0.3, 0.4) is 0 Å². The van der Waals surface area contributed by atoms with Crippen LogP contribution in [-0.4, -0.2) is 26.8 Å². The van der Waals surface area contributed by atoms with Crippen LogP contribution in [0.15, 0.2) is 0 Å². The molecule has 0 aromatic heterocycles. The summed E-state index contributed by atoms with van der Waals surface area (Å²) in [5.74, 6) is 2.29. The molecule has 0 aliphatic heterocycles. The third kappa shape index (κ3) is 10.2. The zero-order valence-electron chi connectivity index (χ0n) is 11.2. The Labute approximate surface area is 95.8 Å². The number of ether oxygens (including phenoxy) is 1. The standard InChI is InChI=1S/C13H29NO/c1-11(2)8-13(6-7-15-5)10-14-9-12(3)4/h11-14H,6-10H2,1-5H3. The first-order chi connectivity index (χ1) is 7.06. The van der Waals surface area contributed by atoms with Crippen LogP contribution >= 0.6 is 0 Å². The summed E-state index contributed by atoms with van der Waals surface area (Å²) in [6, 6.07) is 0. The zero-order chi connectivity index (χ0) is 11.7. The molecule has 92 valence electrons. The van der Waals surface area contributed by atoms with Crippen molar-refractivity contribution in [2.45, 2.75) is 40.5 Å². The number of rotatable bonds is 9. The monoisotopic (exact) mass is 215 g/mol. The lowest BCUT2D eigenvalue weighted by atomic mass is 9.94. The lowest BCUT2D eigenvalue weighted by Crippen LogP contribution is -2.28. The first-order valence-corrected chi connectivity index (χ1v) is 6.25. The van der Waals surface area contributed by atoms with E-state index in [2.05, 4.69) is 33.0 Å². The van der Waals surface area contributed by atoms with Crippen molar-refractivity contribution in [2.75, 3.05) is 26.8 Å². The van der Waals surface area contributed by atoms with E-state index < -0.39 is 0 Å². The topological polar surface area (TPSA) is 21.3 Å². The highest BCUT2D eigenvalue weighted by Crippen LogP contribution is 2.14. The van der Waals surface area contributed by atoms with Crippen molar-refractivity contribution >= 4 is 0 Å². The van der Waals surface area contributed by atoms with Gasteiger partial charge in [0.25, 0.3) is 0 Å². The van der Waals surface area contributed by atoms with Crippen LogP contribution in [0.5, 0.6) is 0 Å². The van der Waals surface area contributed by atoms with Crippen LogP contribution in [0, 0.1) is 17.8 Å². The van der Waals surface area contributed by atoms with Gasteiger partial charge in [0.05, 0.1) is 0 Å². The Morgan fingerprint density at radius 3 is 2.13 bits per heavy atom. The van der Waals surface area contributed by atoms with Gasteiger partial charge in [0.1, 0.15) is 0 Å². The Bertz CT molecular complexity index is 134.